The van der Waals surface area contributed by atoms with Gasteiger partial charge in [-0.25, -0.2) is 4.79 Å². The number of halogens is 1. The Morgan fingerprint density at radius 3 is 2.27 bits per heavy atom. The van der Waals surface area contributed by atoms with Crippen LogP contribution in [0.3, 0.4) is 0 Å². The van der Waals surface area contributed by atoms with E-state index in [0.717, 1.165) is 5.56 Å². The fourth-order valence-corrected chi connectivity index (χ4v) is 2.36. The minimum atomic E-state index is -0.331. The number of anilines is 1. The summed E-state index contributed by atoms with van der Waals surface area (Å²) in [7, 11) is 0. The summed E-state index contributed by atoms with van der Waals surface area (Å²) in [5.74, 6) is -0.0108. The first-order valence-corrected chi connectivity index (χ1v) is 7.28. The molecule has 0 spiro atoms. The zero-order valence-corrected chi connectivity index (χ0v) is 13.1. The Morgan fingerprint density at radius 1 is 1.05 bits per heavy atom. The smallest absolute Gasteiger partial charge is 0.319 e. The number of urea groups is 1. The van der Waals surface area contributed by atoms with Crippen molar-refractivity contribution in [3.63, 3.8) is 0 Å². The normalized spacial score (nSPS) is 11.6. The fourth-order valence-electron chi connectivity index (χ4n) is 2.06. The van der Waals surface area contributed by atoms with Crippen LogP contribution in [0.4, 0.5) is 10.5 Å². The maximum atomic E-state index is 12.0. The highest BCUT2D eigenvalue weighted by Gasteiger charge is 2.12. The summed E-state index contributed by atoms with van der Waals surface area (Å²) in [6, 6.07) is 13.6. The molecule has 0 radical (unpaired) electrons. The summed E-state index contributed by atoms with van der Waals surface area (Å²) in [6.45, 7) is 3.36. The third-order valence-corrected chi connectivity index (χ3v) is 3.61. The van der Waals surface area contributed by atoms with Gasteiger partial charge in [0.15, 0.2) is 5.78 Å². The second-order valence-electron chi connectivity index (χ2n) is 4.98. The molecule has 0 saturated carbocycles. The molecule has 0 aliphatic rings. The Bertz CT molecular complexity index is 683. The van der Waals surface area contributed by atoms with Gasteiger partial charge in [-0.1, -0.05) is 29.8 Å². The maximum absolute atomic E-state index is 12.0. The third-order valence-electron chi connectivity index (χ3n) is 3.27. The average Bonchev–Trinajstić information content (AvgIpc) is 2.48. The molecule has 0 aromatic heterocycles. The molecule has 5 heteroatoms. The summed E-state index contributed by atoms with van der Waals surface area (Å²) in [4.78, 5) is 23.2. The Balaban J connectivity index is 1.98. The standard InChI is InChI=1S/C17H17ClN2O2/c1-11(15-5-3-4-6-16(15)18)19-17(22)20-14-9-7-13(8-10-14)12(2)21/h3-11H,1-2H3,(H2,19,20,22). The van der Waals surface area contributed by atoms with Crippen LogP contribution >= 0.6 is 11.6 Å². The monoisotopic (exact) mass is 316 g/mol. The zero-order valence-electron chi connectivity index (χ0n) is 12.4. The minimum absolute atomic E-state index is 0.0108. The van der Waals surface area contributed by atoms with Crippen LogP contribution in [0.5, 0.6) is 0 Å². The summed E-state index contributed by atoms with van der Waals surface area (Å²) in [6.07, 6.45) is 0. The molecule has 1 unspecified atom stereocenters. The van der Waals surface area contributed by atoms with Crippen molar-refractivity contribution in [3.8, 4) is 0 Å². The van der Waals surface area contributed by atoms with E-state index < -0.39 is 0 Å². The van der Waals surface area contributed by atoms with E-state index in [1.165, 1.54) is 6.92 Å². The molecule has 0 aliphatic heterocycles. The maximum Gasteiger partial charge on any atom is 0.319 e. The quantitative estimate of drug-likeness (QED) is 0.820. The van der Waals surface area contributed by atoms with E-state index in [4.69, 9.17) is 11.6 Å². The van der Waals surface area contributed by atoms with Crippen LogP contribution in [0.2, 0.25) is 5.02 Å². The van der Waals surface area contributed by atoms with E-state index in [0.29, 0.717) is 16.3 Å². The first-order chi connectivity index (χ1) is 10.5. The van der Waals surface area contributed by atoms with E-state index in [-0.39, 0.29) is 17.9 Å². The average molecular weight is 317 g/mol. The number of hydrogen-bond donors (Lipinski definition) is 2. The lowest BCUT2D eigenvalue weighted by Crippen LogP contribution is -2.31. The molecule has 2 amide bonds. The lowest BCUT2D eigenvalue weighted by atomic mass is 10.1. The van der Waals surface area contributed by atoms with Gasteiger partial charge in [0.25, 0.3) is 0 Å². The molecule has 0 saturated heterocycles. The molecule has 0 heterocycles. The van der Waals surface area contributed by atoms with Gasteiger partial charge < -0.3 is 10.6 Å². The number of Topliss-reactive ketones (excluding diaryl/α,β-unsaturated/α-hetero) is 1. The SMILES string of the molecule is CC(=O)c1ccc(NC(=O)NC(C)c2ccccc2Cl)cc1. The Hall–Kier alpha value is -2.33. The van der Waals surface area contributed by atoms with Gasteiger partial charge in [-0.3, -0.25) is 4.79 Å². The molecule has 2 aromatic rings. The summed E-state index contributed by atoms with van der Waals surface area (Å²) < 4.78 is 0. The number of ketones is 1. The molecule has 0 bridgehead atoms. The number of hydrogen-bond acceptors (Lipinski definition) is 2. The number of benzene rings is 2. The van der Waals surface area contributed by atoms with Gasteiger partial charge in [0.1, 0.15) is 0 Å². The predicted octanol–water partition coefficient (Wildman–Crippen LogP) is 4.43. The summed E-state index contributed by atoms with van der Waals surface area (Å²) >= 11 is 6.11. The third kappa shape index (κ3) is 4.09. The van der Waals surface area contributed by atoms with Crippen LogP contribution in [-0.2, 0) is 0 Å². The fraction of sp³-hybridized carbons (Fsp3) is 0.176. The van der Waals surface area contributed by atoms with Crippen molar-refractivity contribution in [2.75, 3.05) is 5.32 Å². The summed E-state index contributed by atoms with van der Waals surface area (Å²) in [5.41, 5.74) is 2.08. The molecule has 114 valence electrons. The predicted molar refractivity (Wildman–Crippen MR) is 88.5 cm³/mol. The second kappa shape index (κ2) is 7.09. The van der Waals surface area contributed by atoms with Gasteiger partial charge in [0, 0.05) is 16.3 Å². The van der Waals surface area contributed by atoms with E-state index in [9.17, 15) is 9.59 Å². The molecule has 2 aromatic carbocycles. The van der Waals surface area contributed by atoms with Crippen LogP contribution in [-0.4, -0.2) is 11.8 Å². The second-order valence-corrected chi connectivity index (χ2v) is 5.38. The zero-order chi connectivity index (χ0) is 16.1. The first kappa shape index (κ1) is 16.0. The van der Waals surface area contributed by atoms with Crippen molar-refractivity contribution in [1.29, 1.82) is 0 Å². The van der Waals surface area contributed by atoms with Gasteiger partial charge in [0.05, 0.1) is 6.04 Å². The highest BCUT2D eigenvalue weighted by molar-refractivity contribution is 6.31. The Labute approximate surface area is 134 Å². The Morgan fingerprint density at radius 2 is 1.68 bits per heavy atom. The highest BCUT2D eigenvalue weighted by atomic mass is 35.5. The number of nitrogens with one attached hydrogen (secondary N) is 2. The van der Waals surface area contributed by atoms with E-state index in [2.05, 4.69) is 10.6 Å². The molecule has 0 fully saturated rings. The highest BCUT2D eigenvalue weighted by Crippen LogP contribution is 2.22. The van der Waals surface area contributed by atoms with Crippen LogP contribution in [0, 0.1) is 0 Å². The Kier molecular flexibility index (Phi) is 5.17. The lowest BCUT2D eigenvalue weighted by Gasteiger charge is -2.16. The van der Waals surface area contributed by atoms with Gasteiger partial charge in [0.2, 0.25) is 0 Å². The van der Waals surface area contributed by atoms with E-state index in [1.54, 1.807) is 30.3 Å². The molecular weight excluding hydrogens is 300 g/mol. The molecular formula is C17H17ClN2O2. The van der Waals surface area contributed by atoms with Crippen molar-refractivity contribution in [2.45, 2.75) is 19.9 Å². The van der Waals surface area contributed by atoms with Crippen LogP contribution in [0.25, 0.3) is 0 Å². The molecule has 4 nitrogen and oxygen atoms in total. The van der Waals surface area contributed by atoms with Gasteiger partial charge in [-0.05, 0) is 49.7 Å². The lowest BCUT2D eigenvalue weighted by molar-refractivity contribution is 0.101. The number of rotatable bonds is 4. The molecule has 0 aliphatic carbocycles. The van der Waals surface area contributed by atoms with Crippen molar-refractivity contribution in [2.24, 2.45) is 0 Å². The first-order valence-electron chi connectivity index (χ1n) is 6.90. The van der Waals surface area contributed by atoms with Crippen LogP contribution in [0.1, 0.15) is 35.8 Å². The number of carbonyl (C=O) groups excluding carboxylic acids is 2. The topological polar surface area (TPSA) is 58.2 Å². The van der Waals surface area contributed by atoms with Crippen LogP contribution in [0.15, 0.2) is 48.5 Å². The number of carbonyl (C=O) groups is 2. The largest absolute Gasteiger partial charge is 0.331 e. The molecule has 2 N–H and O–H groups in total. The van der Waals surface area contributed by atoms with Crippen molar-refractivity contribution in [3.05, 3.63) is 64.7 Å². The molecule has 2 rings (SSSR count). The number of amides is 2. The van der Waals surface area contributed by atoms with E-state index in [1.807, 2.05) is 25.1 Å². The minimum Gasteiger partial charge on any atom is -0.331 e. The van der Waals surface area contributed by atoms with E-state index >= 15 is 0 Å². The summed E-state index contributed by atoms with van der Waals surface area (Å²) in [5, 5.41) is 6.16. The van der Waals surface area contributed by atoms with Crippen molar-refractivity contribution >= 4 is 29.1 Å². The van der Waals surface area contributed by atoms with Crippen LogP contribution < -0.4 is 10.6 Å². The molecule has 22 heavy (non-hydrogen) atoms. The van der Waals surface area contributed by atoms with Gasteiger partial charge in [-0.2, -0.15) is 0 Å². The van der Waals surface area contributed by atoms with Gasteiger partial charge in [-0.15, -0.1) is 0 Å². The van der Waals surface area contributed by atoms with Crippen molar-refractivity contribution in [1.82, 2.24) is 5.32 Å². The molecule has 1 atom stereocenters. The van der Waals surface area contributed by atoms with Crippen molar-refractivity contribution < 1.29 is 9.59 Å². The van der Waals surface area contributed by atoms with Gasteiger partial charge >= 0.3 is 6.03 Å².